The normalized spacial score (nSPS) is 11.0. The van der Waals surface area contributed by atoms with Gasteiger partial charge in [0.2, 0.25) is 17.6 Å². The summed E-state index contributed by atoms with van der Waals surface area (Å²) in [7, 11) is 1.78. The molecule has 1 heterocycles. The predicted octanol–water partition coefficient (Wildman–Crippen LogP) is 4.42. The molecule has 0 saturated heterocycles. The van der Waals surface area contributed by atoms with Gasteiger partial charge in [0, 0.05) is 5.56 Å². The molecule has 0 aliphatic carbocycles. The van der Waals surface area contributed by atoms with Crippen LogP contribution < -0.4 is 5.32 Å². The maximum Gasteiger partial charge on any atom is 0.241 e. The maximum absolute atomic E-state index is 12.3. The SMILES string of the molecule is Cc1ccccc1-c1noc(CN(C)CC(=O)Nc2c(Cl)cccc2Cl)n1. The average Bonchev–Trinajstić information content (AvgIpc) is 3.06. The molecule has 0 unspecified atom stereocenters. The van der Waals surface area contributed by atoms with Gasteiger partial charge in [-0.2, -0.15) is 4.98 Å². The fourth-order valence-corrected chi connectivity index (χ4v) is 3.07. The fraction of sp³-hybridized carbons (Fsp3) is 0.211. The number of benzene rings is 2. The lowest BCUT2D eigenvalue weighted by molar-refractivity contribution is -0.117. The van der Waals surface area contributed by atoms with Crippen molar-refractivity contribution in [3.8, 4) is 11.4 Å². The van der Waals surface area contributed by atoms with E-state index in [2.05, 4.69) is 15.5 Å². The van der Waals surface area contributed by atoms with Crippen LogP contribution in [0.1, 0.15) is 11.5 Å². The molecule has 2 aromatic carbocycles. The number of amides is 1. The van der Waals surface area contributed by atoms with Crippen molar-refractivity contribution in [1.29, 1.82) is 0 Å². The highest BCUT2D eigenvalue weighted by Gasteiger charge is 2.15. The van der Waals surface area contributed by atoms with Crippen LogP contribution >= 0.6 is 23.2 Å². The number of rotatable bonds is 6. The summed E-state index contributed by atoms with van der Waals surface area (Å²) in [6.45, 7) is 2.44. The molecule has 1 aromatic heterocycles. The van der Waals surface area contributed by atoms with Gasteiger partial charge in [-0.05, 0) is 31.7 Å². The Kier molecular flexibility index (Phi) is 6.11. The first-order chi connectivity index (χ1) is 12.9. The monoisotopic (exact) mass is 404 g/mol. The summed E-state index contributed by atoms with van der Waals surface area (Å²) in [6.07, 6.45) is 0. The molecule has 0 fully saturated rings. The number of nitrogens with zero attached hydrogens (tertiary/aromatic N) is 3. The van der Waals surface area contributed by atoms with Gasteiger partial charge in [0.15, 0.2) is 0 Å². The summed E-state index contributed by atoms with van der Waals surface area (Å²) in [6, 6.07) is 12.9. The van der Waals surface area contributed by atoms with E-state index in [-0.39, 0.29) is 12.5 Å². The maximum atomic E-state index is 12.3. The van der Waals surface area contributed by atoms with Crippen molar-refractivity contribution in [2.24, 2.45) is 0 Å². The van der Waals surface area contributed by atoms with Crippen LogP contribution in [0.4, 0.5) is 5.69 Å². The van der Waals surface area contributed by atoms with Gasteiger partial charge >= 0.3 is 0 Å². The molecule has 0 bridgehead atoms. The van der Waals surface area contributed by atoms with Gasteiger partial charge in [-0.15, -0.1) is 0 Å². The van der Waals surface area contributed by atoms with Crippen LogP contribution in [0, 0.1) is 6.92 Å². The second kappa shape index (κ2) is 8.52. The van der Waals surface area contributed by atoms with Crippen molar-refractivity contribution in [2.45, 2.75) is 13.5 Å². The fourth-order valence-electron chi connectivity index (χ4n) is 2.58. The third kappa shape index (κ3) is 4.86. The van der Waals surface area contributed by atoms with Crippen LogP contribution in [0.2, 0.25) is 10.0 Å². The second-order valence-corrected chi connectivity index (χ2v) is 6.96. The number of likely N-dealkylation sites (N-methyl/N-ethyl adjacent to an activating group) is 1. The predicted molar refractivity (Wildman–Crippen MR) is 106 cm³/mol. The van der Waals surface area contributed by atoms with Crippen molar-refractivity contribution in [3.63, 3.8) is 0 Å². The highest BCUT2D eigenvalue weighted by atomic mass is 35.5. The summed E-state index contributed by atoms with van der Waals surface area (Å²) >= 11 is 12.1. The molecular formula is C19H18Cl2N4O2. The van der Waals surface area contributed by atoms with Crippen molar-refractivity contribution in [2.75, 3.05) is 18.9 Å². The Balaban J connectivity index is 1.60. The Labute approximate surface area is 167 Å². The molecule has 0 aliphatic heterocycles. The highest BCUT2D eigenvalue weighted by Crippen LogP contribution is 2.29. The minimum Gasteiger partial charge on any atom is -0.338 e. The van der Waals surface area contributed by atoms with Crippen molar-refractivity contribution in [1.82, 2.24) is 15.0 Å². The molecule has 3 rings (SSSR count). The van der Waals surface area contributed by atoms with E-state index in [4.69, 9.17) is 27.7 Å². The summed E-state index contributed by atoms with van der Waals surface area (Å²) < 4.78 is 5.31. The standard InChI is InChI=1S/C19H18Cl2N4O2/c1-12-6-3-4-7-13(12)19-23-17(27-24-19)11-25(2)10-16(26)22-18-14(20)8-5-9-15(18)21/h3-9H,10-11H2,1-2H3,(H,22,26). The van der Waals surface area contributed by atoms with Gasteiger partial charge in [0.05, 0.1) is 28.8 Å². The summed E-state index contributed by atoms with van der Waals surface area (Å²) in [5.41, 5.74) is 2.38. The number of halogens is 2. The molecule has 3 aromatic rings. The third-order valence-corrected chi connectivity index (χ3v) is 4.53. The van der Waals surface area contributed by atoms with Crippen molar-refractivity contribution < 1.29 is 9.32 Å². The van der Waals surface area contributed by atoms with E-state index in [1.54, 1.807) is 30.1 Å². The molecule has 6 nitrogen and oxygen atoms in total. The first-order valence-corrected chi connectivity index (χ1v) is 9.00. The van der Waals surface area contributed by atoms with Crippen molar-refractivity contribution in [3.05, 3.63) is 64.0 Å². The zero-order valence-electron chi connectivity index (χ0n) is 14.9. The topological polar surface area (TPSA) is 71.3 Å². The highest BCUT2D eigenvalue weighted by molar-refractivity contribution is 6.39. The molecular weight excluding hydrogens is 387 g/mol. The second-order valence-electron chi connectivity index (χ2n) is 6.14. The number of hydrogen-bond donors (Lipinski definition) is 1. The first-order valence-electron chi connectivity index (χ1n) is 8.25. The van der Waals surface area contributed by atoms with Gasteiger partial charge in [0.25, 0.3) is 0 Å². The van der Waals surface area contributed by atoms with Gasteiger partial charge in [0.1, 0.15) is 0 Å². The van der Waals surface area contributed by atoms with E-state index in [1.807, 2.05) is 31.2 Å². The molecule has 27 heavy (non-hydrogen) atoms. The smallest absolute Gasteiger partial charge is 0.241 e. The van der Waals surface area contributed by atoms with Crippen LogP contribution in [0.15, 0.2) is 47.0 Å². The van der Waals surface area contributed by atoms with Crippen LogP contribution in [-0.4, -0.2) is 34.5 Å². The molecule has 1 N–H and O–H groups in total. The molecule has 0 aliphatic rings. The quantitative estimate of drug-likeness (QED) is 0.657. The van der Waals surface area contributed by atoms with E-state index in [0.717, 1.165) is 11.1 Å². The minimum atomic E-state index is -0.244. The zero-order chi connectivity index (χ0) is 19.4. The number of carbonyl (C=O) groups is 1. The Morgan fingerprint density at radius 1 is 1.15 bits per heavy atom. The van der Waals surface area contributed by atoms with E-state index in [1.165, 1.54) is 0 Å². The number of nitrogens with one attached hydrogen (secondary N) is 1. The molecule has 140 valence electrons. The first kappa shape index (κ1) is 19.4. The number of aromatic nitrogens is 2. The summed E-state index contributed by atoms with van der Waals surface area (Å²) in [5.74, 6) is 0.717. The lowest BCUT2D eigenvalue weighted by atomic mass is 10.1. The molecule has 0 radical (unpaired) electrons. The minimum absolute atomic E-state index is 0.115. The Morgan fingerprint density at radius 3 is 2.56 bits per heavy atom. The molecule has 0 spiro atoms. The van der Waals surface area contributed by atoms with E-state index in [0.29, 0.717) is 34.0 Å². The van der Waals surface area contributed by atoms with Gasteiger partial charge in [-0.1, -0.05) is 58.7 Å². The van der Waals surface area contributed by atoms with Crippen molar-refractivity contribution >= 4 is 34.8 Å². The van der Waals surface area contributed by atoms with Gasteiger partial charge < -0.3 is 9.84 Å². The lowest BCUT2D eigenvalue weighted by Crippen LogP contribution is -2.30. The van der Waals surface area contributed by atoms with Crippen LogP contribution in [0.5, 0.6) is 0 Å². The lowest BCUT2D eigenvalue weighted by Gasteiger charge is -2.15. The zero-order valence-corrected chi connectivity index (χ0v) is 16.4. The largest absolute Gasteiger partial charge is 0.338 e. The molecule has 0 atom stereocenters. The Hall–Kier alpha value is -2.41. The summed E-state index contributed by atoms with van der Waals surface area (Å²) in [4.78, 5) is 18.4. The van der Waals surface area contributed by atoms with E-state index < -0.39 is 0 Å². The number of hydrogen-bond acceptors (Lipinski definition) is 5. The average molecular weight is 405 g/mol. The summed E-state index contributed by atoms with van der Waals surface area (Å²) in [5, 5.41) is 7.52. The number of anilines is 1. The molecule has 0 saturated carbocycles. The van der Waals surface area contributed by atoms with Crippen LogP contribution in [0.3, 0.4) is 0 Å². The van der Waals surface area contributed by atoms with E-state index in [9.17, 15) is 4.79 Å². The third-order valence-electron chi connectivity index (χ3n) is 3.90. The Morgan fingerprint density at radius 2 is 1.85 bits per heavy atom. The van der Waals surface area contributed by atoms with Crippen LogP contribution in [-0.2, 0) is 11.3 Å². The van der Waals surface area contributed by atoms with Gasteiger partial charge in [-0.3, -0.25) is 9.69 Å². The number of carbonyl (C=O) groups excluding carboxylic acids is 1. The molecule has 8 heteroatoms. The Bertz CT molecular complexity index is 938. The number of aryl methyl sites for hydroxylation is 1. The molecule has 1 amide bonds. The van der Waals surface area contributed by atoms with Gasteiger partial charge in [-0.25, -0.2) is 0 Å². The van der Waals surface area contributed by atoms with Crippen LogP contribution in [0.25, 0.3) is 11.4 Å². The number of para-hydroxylation sites is 1. The van der Waals surface area contributed by atoms with E-state index >= 15 is 0 Å².